The van der Waals surface area contributed by atoms with Gasteiger partial charge in [0, 0.05) is 0 Å². The molecule has 0 heterocycles. The van der Waals surface area contributed by atoms with Gasteiger partial charge in [0.05, 0.1) is 18.1 Å². The molecule has 0 aliphatic rings. The van der Waals surface area contributed by atoms with E-state index in [1.807, 2.05) is 6.07 Å². The van der Waals surface area contributed by atoms with Crippen molar-refractivity contribution in [3.05, 3.63) is 35.9 Å². The SMILES string of the molecule is CCC(C(=O)C(=O)[O-])C(O)[C@@H](C)NC(=O)OCc1ccccc1.[Na+]. The van der Waals surface area contributed by atoms with Gasteiger partial charge in [0.15, 0.2) is 5.78 Å². The average Bonchev–Trinajstić information content (AvgIpc) is 2.54. The number of aliphatic hydroxyl groups is 1. The molecule has 126 valence electrons. The molecule has 0 aliphatic carbocycles. The fourth-order valence-electron chi connectivity index (χ4n) is 2.12. The number of carboxylic acid groups (broad SMARTS) is 1. The van der Waals surface area contributed by atoms with Crippen LogP contribution in [0.15, 0.2) is 30.3 Å². The summed E-state index contributed by atoms with van der Waals surface area (Å²) in [6.07, 6.45) is -2.01. The van der Waals surface area contributed by atoms with Crippen LogP contribution >= 0.6 is 0 Å². The summed E-state index contributed by atoms with van der Waals surface area (Å²) in [5.41, 5.74) is 0.800. The van der Waals surface area contributed by atoms with E-state index in [2.05, 4.69) is 5.32 Å². The first-order chi connectivity index (χ1) is 10.9. The number of hydrogen-bond donors (Lipinski definition) is 2. The smallest absolute Gasteiger partial charge is 0.542 e. The molecule has 0 saturated carbocycles. The zero-order chi connectivity index (χ0) is 17.4. The fraction of sp³-hybridized carbons (Fsp3) is 0.438. The molecule has 3 atom stereocenters. The van der Waals surface area contributed by atoms with Gasteiger partial charge >= 0.3 is 35.7 Å². The van der Waals surface area contributed by atoms with Crippen molar-refractivity contribution in [2.24, 2.45) is 5.92 Å². The summed E-state index contributed by atoms with van der Waals surface area (Å²) in [5, 5.41) is 23.1. The molecule has 2 N–H and O–H groups in total. The molecule has 1 aromatic rings. The molecule has 0 bridgehead atoms. The van der Waals surface area contributed by atoms with Crippen LogP contribution in [0, 0.1) is 5.92 Å². The van der Waals surface area contributed by atoms with Crippen molar-refractivity contribution in [3.8, 4) is 0 Å². The molecule has 0 aliphatic heterocycles. The van der Waals surface area contributed by atoms with Crippen LogP contribution in [0.4, 0.5) is 4.79 Å². The molecule has 0 aromatic heterocycles. The molecular formula is C16H20NNaO6. The minimum atomic E-state index is -1.85. The molecule has 24 heavy (non-hydrogen) atoms. The molecule has 1 rings (SSSR count). The predicted molar refractivity (Wildman–Crippen MR) is 79.0 cm³/mol. The number of carbonyl (C=O) groups excluding carboxylic acids is 3. The van der Waals surface area contributed by atoms with Crippen LogP contribution in [0.1, 0.15) is 25.8 Å². The van der Waals surface area contributed by atoms with Gasteiger partial charge < -0.3 is 25.1 Å². The molecule has 7 nitrogen and oxygen atoms in total. The van der Waals surface area contributed by atoms with Crippen molar-refractivity contribution in [3.63, 3.8) is 0 Å². The number of alkyl carbamates (subject to hydrolysis) is 1. The molecule has 1 amide bonds. The van der Waals surface area contributed by atoms with E-state index in [9.17, 15) is 24.6 Å². The summed E-state index contributed by atoms with van der Waals surface area (Å²) >= 11 is 0. The van der Waals surface area contributed by atoms with Crippen LogP contribution in [0.3, 0.4) is 0 Å². The third-order valence-electron chi connectivity index (χ3n) is 3.46. The largest absolute Gasteiger partial charge is 1.00 e. The normalized spacial score (nSPS) is 13.8. The first-order valence-electron chi connectivity index (χ1n) is 7.27. The number of carboxylic acids is 1. The van der Waals surface area contributed by atoms with Crippen LogP contribution in [0.2, 0.25) is 0 Å². The van der Waals surface area contributed by atoms with Gasteiger partial charge in [-0.05, 0) is 18.9 Å². The van der Waals surface area contributed by atoms with Crippen molar-refractivity contribution < 1.29 is 58.9 Å². The average molecular weight is 345 g/mol. The first-order valence-corrected chi connectivity index (χ1v) is 7.27. The number of aliphatic hydroxyl groups excluding tert-OH is 1. The van der Waals surface area contributed by atoms with Gasteiger partial charge in [-0.15, -0.1) is 0 Å². The molecule has 8 heteroatoms. The Labute approximate surface area is 162 Å². The monoisotopic (exact) mass is 345 g/mol. The Hall–Kier alpha value is -1.41. The summed E-state index contributed by atoms with van der Waals surface area (Å²) in [6, 6.07) is 8.17. The number of Topliss-reactive ketones (excluding diaryl/α,β-unsaturated/α-hetero) is 1. The number of hydrogen-bond acceptors (Lipinski definition) is 6. The minimum Gasteiger partial charge on any atom is -0.542 e. The van der Waals surface area contributed by atoms with E-state index in [-0.39, 0.29) is 42.6 Å². The molecule has 0 spiro atoms. The van der Waals surface area contributed by atoms with E-state index < -0.39 is 35.9 Å². The van der Waals surface area contributed by atoms with Gasteiger partial charge in [0.2, 0.25) is 0 Å². The number of amides is 1. The molecule has 0 radical (unpaired) electrons. The third kappa shape index (κ3) is 7.00. The number of carbonyl (C=O) groups is 3. The molecule has 0 saturated heterocycles. The summed E-state index contributed by atoms with van der Waals surface area (Å²) in [7, 11) is 0. The Morgan fingerprint density at radius 1 is 1.25 bits per heavy atom. The zero-order valence-electron chi connectivity index (χ0n) is 14.0. The van der Waals surface area contributed by atoms with Crippen molar-refractivity contribution in [2.45, 2.75) is 39.0 Å². The fourth-order valence-corrected chi connectivity index (χ4v) is 2.12. The van der Waals surface area contributed by atoms with Crippen LogP contribution in [-0.4, -0.2) is 35.1 Å². The van der Waals surface area contributed by atoms with Crippen LogP contribution in [-0.2, 0) is 20.9 Å². The molecule has 2 unspecified atom stereocenters. The number of benzene rings is 1. The van der Waals surface area contributed by atoms with E-state index in [1.165, 1.54) is 6.92 Å². The van der Waals surface area contributed by atoms with Crippen molar-refractivity contribution >= 4 is 17.8 Å². The standard InChI is InChI=1S/C16H21NO6.Na/c1-3-12(14(19)15(20)21)13(18)10(2)17-16(22)23-9-11-7-5-4-6-8-11;/h4-8,10,12-13,18H,3,9H2,1-2H3,(H,17,22)(H,20,21);/q;+1/p-1/t10-,12?,13?;/m1./s1. The summed E-state index contributed by atoms with van der Waals surface area (Å²) in [5.74, 6) is -4.19. The zero-order valence-corrected chi connectivity index (χ0v) is 16.0. The quantitative estimate of drug-likeness (QED) is 0.384. The summed E-state index contributed by atoms with van der Waals surface area (Å²) in [4.78, 5) is 33.8. The molecule has 1 aromatic carbocycles. The van der Waals surface area contributed by atoms with Gasteiger partial charge in [0.25, 0.3) is 0 Å². The Balaban J connectivity index is 0.00000529. The maximum atomic E-state index is 11.7. The molecule has 0 fully saturated rings. The van der Waals surface area contributed by atoms with Crippen molar-refractivity contribution in [1.29, 1.82) is 0 Å². The number of rotatable bonds is 8. The minimum absolute atomic E-state index is 0. The number of ketones is 1. The van der Waals surface area contributed by atoms with Crippen molar-refractivity contribution in [1.82, 2.24) is 5.32 Å². The number of aliphatic carboxylic acids is 1. The third-order valence-corrected chi connectivity index (χ3v) is 3.46. The Morgan fingerprint density at radius 3 is 2.33 bits per heavy atom. The topological polar surface area (TPSA) is 116 Å². The van der Waals surface area contributed by atoms with E-state index in [4.69, 9.17) is 4.74 Å². The van der Waals surface area contributed by atoms with Crippen LogP contribution < -0.4 is 40.0 Å². The Morgan fingerprint density at radius 2 is 1.83 bits per heavy atom. The van der Waals surface area contributed by atoms with E-state index >= 15 is 0 Å². The van der Waals surface area contributed by atoms with Gasteiger partial charge in [-0.2, -0.15) is 0 Å². The Bertz CT molecular complexity index is 551. The number of nitrogens with one attached hydrogen (secondary N) is 1. The molecular weight excluding hydrogens is 325 g/mol. The summed E-state index contributed by atoms with van der Waals surface area (Å²) in [6.45, 7) is 3.08. The summed E-state index contributed by atoms with van der Waals surface area (Å²) < 4.78 is 5.00. The predicted octanol–water partition coefficient (Wildman–Crippen LogP) is -2.99. The van der Waals surface area contributed by atoms with E-state index in [1.54, 1.807) is 31.2 Å². The van der Waals surface area contributed by atoms with Crippen molar-refractivity contribution in [2.75, 3.05) is 0 Å². The second-order valence-electron chi connectivity index (χ2n) is 5.15. The van der Waals surface area contributed by atoms with E-state index in [0.717, 1.165) is 5.56 Å². The maximum Gasteiger partial charge on any atom is 1.00 e. The second-order valence-corrected chi connectivity index (χ2v) is 5.15. The number of ether oxygens (including phenoxy) is 1. The van der Waals surface area contributed by atoms with Crippen LogP contribution in [0.5, 0.6) is 0 Å². The van der Waals surface area contributed by atoms with Gasteiger partial charge in [-0.3, -0.25) is 4.79 Å². The van der Waals surface area contributed by atoms with Gasteiger partial charge in [-0.25, -0.2) is 4.79 Å². The van der Waals surface area contributed by atoms with Crippen LogP contribution in [0.25, 0.3) is 0 Å². The van der Waals surface area contributed by atoms with Gasteiger partial charge in [0.1, 0.15) is 12.6 Å². The van der Waals surface area contributed by atoms with Gasteiger partial charge in [-0.1, -0.05) is 37.3 Å². The second kappa shape index (κ2) is 11.2. The van der Waals surface area contributed by atoms with E-state index in [0.29, 0.717) is 0 Å². The maximum absolute atomic E-state index is 11.7. The first kappa shape index (κ1) is 22.6. The Kier molecular flexibility index (Phi) is 10.5.